The second-order valence-electron chi connectivity index (χ2n) is 4.70. The topological polar surface area (TPSA) is 12.0 Å². The van der Waals surface area contributed by atoms with Crippen LogP contribution >= 0.6 is 11.6 Å². The van der Waals surface area contributed by atoms with Gasteiger partial charge in [0.25, 0.3) is 0 Å². The molecule has 0 aliphatic heterocycles. The minimum absolute atomic E-state index is 0.183. The van der Waals surface area contributed by atoms with Crippen LogP contribution in [0, 0.1) is 13.8 Å². The highest BCUT2D eigenvalue weighted by molar-refractivity contribution is 6.30. The Morgan fingerprint density at radius 2 is 1.61 bits per heavy atom. The van der Waals surface area contributed by atoms with Crippen molar-refractivity contribution >= 4 is 11.6 Å². The van der Waals surface area contributed by atoms with Crippen LogP contribution in [0.25, 0.3) is 0 Å². The van der Waals surface area contributed by atoms with Crippen LogP contribution in [-0.2, 0) is 0 Å². The summed E-state index contributed by atoms with van der Waals surface area (Å²) < 4.78 is 0. The number of halogens is 1. The first kappa shape index (κ1) is 13.1. The summed E-state index contributed by atoms with van der Waals surface area (Å²) in [5.74, 6) is 0. The molecule has 0 bridgehead atoms. The summed E-state index contributed by atoms with van der Waals surface area (Å²) in [6.07, 6.45) is 0. The Labute approximate surface area is 114 Å². The fourth-order valence-electron chi connectivity index (χ4n) is 2.39. The number of aryl methyl sites for hydroxylation is 2. The molecule has 0 saturated heterocycles. The standard InChI is InChI=1S/C16H18ClN/c1-11-7-12(2)9-14(8-11)16(18-3)13-5-4-6-15(17)10-13/h4-10,16,18H,1-3H3. The molecule has 2 aromatic carbocycles. The van der Waals surface area contributed by atoms with Crippen molar-refractivity contribution in [1.82, 2.24) is 5.32 Å². The van der Waals surface area contributed by atoms with Gasteiger partial charge in [-0.2, -0.15) is 0 Å². The molecule has 0 fully saturated rings. The Bertz CT molecular complexity index is 528. The molecule has 2 rings (SSSR count). The lowest BCUT2D eigenvalue weighted by Gasteiger charge is -2.18. The molecule has 0 amide bonds. The zero-order chi connectivity index (χ0) is 13.1. The lowest BCUT2D eigenvalue weighted by Crippen LogP contribution is -2.17. The molecule has 0 radical (unpaired) electrons. The summed E-state index contributed by atoms with van der Waals surface area (Å²) in [7, 11) is 1.98. The Kier molecular flexibility index (Phi) is 4.05. The number of hydrogen-bond acceptors (Lipinski definition) is 1. The van der Waals surface area contributed by atoms with E-state index in [1.54, 1.807) is 0 Å². The van der Waals surface area contributed by atoms with E-state index >= 15 is 0 Å². The third kappa shape index (κ3) is 2.92. The first-order chi connectivity index (χ1) is 8.60. The molecule has 2 heteroatoms. The summed E-state index contributed by atoms with van der Waals surface area (Å²) in [5, 5.41) is 4.13. The summed E-state index contributed by atoms with van der Waals surface area (Å²) >= 11 is 6.07. The fraction of sp³-hybridized carbons (Fsp3) is 0.250. The second-order valence-corrected chi connectivity index (χ2v) is 5.13. The van der Waals surface area contributed by atoms with Crippen LogP contribution in [0.5, 0.6) is 0 Å². The van der Waals surface area contributed by atoms with Crippen LogP contribution in [0.4, 0.5) is 0 Å². The summed E-state index contributed by atoms with van der Waals surface area (Å²) in [6.45, 7) is 4.25. The Morgan fingerprint density at radius 3 is 2.17 bits per heavy atom. The Balaban J connectivity index is 2.45. The zero-order valence-corrected chi connectivity index (χ0v) is 11.8. The van der Waals surface area contributed by atoms with Gasteiger partial charge in [-0.05, 0) is 44.2 Å². The quantitative estimate of drug-likeness (QED) is 0.868. The molecular formula is C16H18ClN. The van der Waals surface area contributed by atoms with Gasteiger partial charge in [0.15, 0.2) is 0 Å². The van der Waals surface area contributed by atoms with Gasteiger partial charge in [0, 0.05) is 5.02 Å². The van der Waals surface area contributed by atoms with Gasteiger partial charge in [0.1, 0.15) is 0 Å². The van der Waals surface area contributed by atoms with E-state index in [1.165, 1.54) is 22.3 Å². The average molecular weight is 260 g/mol. The molecule has 0 aliphatic rings. The first-order valence-electron chi connectivity index (χ1n) is 6.11. The van der Waals surface area contributed by atoms with E-state index in [4.69, 9.17) is 11.6 Å². The molecule has 18 heavy (non-hydrogen) atoms. The van der Waals surface area contributed by atoms with Crippen molar-refractivity contribution < 1.29 is 0 Å². The van der Waals surface area contributed by atoms with Crippen LogP contribution in [0.3, 0.4) is 0 Å². The van der Waals surface area contributed by atoms with Gasteiger partial charge in [-0.15, -0.1) is 0 Å². The van der Waals surface area contributed by atoms with E-state index in [1.807, 2.05) is 25.2 Å². The third-order valence-electron chi connectivity index (χ3n) is 3.05. The van der Waals surface area contributed by atoms with E-state index in [9.17, 15) is 0 Å². The maximum Gasteiger partial charge on any atom is 0.0575 e. The van der Waals surface area contributed by atoms with Crippen molar-refractivity contribution in [3.05, 3.63) is 69.7 Å². The highest BCUT2D eigenvalue weighted by Gasteiger charge is 2.12. The molecule has 94 valence electrons. The van der Waals surface area contributed by atoms with Crippen LogP contribution in [-0.4, -0.2) is 7.05 Å². The summed E-state index contributed by atoms with van der Waals surface area (Å²) in [5.41, 5.74) is 5.03. The van der Waals surface area contributed by atoms with Gasteiger partial charge in [-0.3, -0.25) is 0 Å². The number of rotatable bonds is 3. The van der Waals surface area contributed by atoms with Crippen LogP contribution < -0.4 is 5.32 Å². The predicted molar refractivity (Wildman–Crippen MR) is 78.3 cm³/mol. The molecule has 1 unspecified atom stereocenters. The molecular weight excluding hydrogens is 242 g/mol. The van der Waals surface area contributed by atoms with Gasteiger partial charge in [0.05, 0.1) is 6.04 Å². The maximum absolute atomic E-state index is 6.07. The van der Waals surface area contributed by atoms with E-state index in [-0.39, 0.29) is 6.04 Å². The van der Waals surface area contributed by atoms with Crippen molar-refractivity contribution in [3.63, 3.8) is 0 Å². The van der Waals surface area contributed by atoms with Gasteiger partial charge < -0.3 is 5.32 Å². The number of nitrogens with one attached hydrogen (secondary N) is 1. The van der Waals surface area contributed by atoms with Crippen LogP contribution in [0.1, 0.15) is 28.3 Å². The van der Waals surface area contributed by atoms with E-state index < -0.39 is 0 Å². The van der Waals surface area contributed by atoms with Crippen molar-refractivity contribution in [2.45, 2.75) is 19.9 Å². The number of hydrogen-bond donors (Lipinski definition) is 1. The summed E-state index contributed by atoms with van der Waals surface area (Å²) in [6, 6.07) is 14.8. The minimum Gasteiger partial charge on any atom is -0.309 e. The fourth-order valence-corrected chi connectivity index (χ4v) is 2.59. The largest absolute Gasteiger partial charge is 0.309 e. The minimum atomic E-state index is 0.183. The molecule has 0 spiro atoms. The van der Waals surface area contributed by atoms with Crippen molar-refractivity contribution in [2.24, 2.45) is 0 Å². The zero-order valence-electron chi connectivity index (χ0n) is 11.0. The van der Waals surface area contributed by atoms with Gasteiger partial charge >= 0.3 is 0 Å². The first-order valence-corrected chi connectivity index (χ1v) is 6.49. The van der Waals surface area contributed by atoms with Crippen LogP contribution in [0.2, 0.25) is 5.02 Å². The van der Waals surface area contributed by atoms with Crippen molar-refractivity contribution in [1.29, 1.82) is 0 Å². The molecule has 0 heterocycles. The lowest BCUT2D eigenvalue weighted by atomic mass is 9.96. The highest BCUT2D eigenvalue weighted by atomic mass is 35.5. The average Bonchev–Trinajstić information content (AvgIpc) is 2.28. The molecule has 1 N–H and O–H groups in total. The smallest absolute Gasteiger partial charge is 0.0575 e. The summed E-state index contributed by atoms with van der Waals surface area (Å²) in [4.78, 5) is 0. The lowest BCUT2D eigenvalue weighted by molar-refractivity contribution is 0.690. The second kappa shape index (κ2) is 5.55. The molecule has 2 aromatic rings. The van der Waals surface area contributed by atoms with E-state index in [0.717, 1.165) is 5.02 Å². The Hall–Kier alpha value is -1.31. The van der Waals surface area contributed by atoms with Gasteiger partial charge in [-0.1, -0.05) is 53.1 Å². The molecule has 0 saturated carbocycles. The van der Waals surface area contributed by atoms with E-state index in [0.29, 0.717) is 0 Å². The van der Waals surface area contributed by atoms with Crippen LogP contribution in [0.15, 0.2) is 42.5 Å². The molecule has 1 atom stereocenters. The molecule has 0 aliphatic carbocycles. The third-order valence-corrected chi connectivity index (χ3v) is 3.28. The molecule has 1 nitrogen and oxygen atoms in total. The van der Waals surface area contributed by atoms with Gasteiger partial charge in [0.2, 0.25) is 0 Å². The monoisotopic (exact) mass is 259 g/mol. The Morgan fingerprint density at radius 1 is 0.944 bits per heavy atom. The SMILES string of the molecule is CNC(c1cc(C)cc(C)c1)c1cccc(Cl)c1. The predicted octanol–water partition coefficient (Wildman–Crippen LogP) is 4.27. The van der Waals surface area contributed by atoms with E-state index in [2.05, 4.69) is 43.4 Å². The number of benzene rings is 2. The van der Waals surface area contributed by atoms with Crippen molar-refractivity contribution in [2.75, 3.05) is 7.05 Å². The van der Waals surface area contributed by atoms with Gasteiger partial charge in [-0.25, -0.2) is 0 Å². The highest BCUT2D eigenvalue weighted by Crippen LogP contribution is 2.25. The maximum atomic E-state index is 6.07. The normalized spacial score (nSPS) is 12.4. The molecule has 0 aromatic heterocycles. The van der Waals surface area contributed by atoms with Crippen molar-refractivity contribution in [3.8, 4) is 0 Å².